The Labute approximate surface area is 174 Å². The van der Waals surface area contributed by atoms with Crippen LogP contribution in [-0.2, 0) is 10.0 Å². The highest BCUT2D eigenvalue weighted by atomic mass is 32.2. The highest BCUT2D eigenvalue weighted by molar-refractivity contribution is 7.89. The molecule has 8 nitrogen and oxygen atoms in total. The van der Waals surface area contributed by atoms with E-state index in [0.717, 1.165) is 12.8 Å². The molecule has 3 aromatic rings. The van der Waals surface area contributed by atoms with E-state index in [1.165, 1.54) is 25.3 Å². The van der Waals surface area contributed by atoms with Gasteiger partial charge in [0.05, 0.1) is 7.11 Å². The summed E-state index contributed by atoms with van der Waals surface area (Å²) in [6.07, 6.45) is 1.62. The van der Waals surface area contributed by atoms with Crippen molar-refractivity contribution < 1.29 is 22.4 Å². The summed E-state index contributed by atoms with van der Waals surface area (Å²) in [6.45, 7) is 3.97. The molecule has 0 bridgehead atoms. The summed E-state index contributed by atoms with van der Waals surface area (Å²) in [5.41, 5.74) is 2.02. The number of benzene rings is 2. The minimum absolute atomic E-state index is 0.0536. The second-order valence-electron chi connectivity index (χ2n) is 7.60. The minimum Gasteiger partial charge on any atom is -0.495 e. The number of rotatable bonds is 7. The number of aromatic nitrogens is 1. The van der Waals surface area contributed by atoms with Gasteiger partial charge >= 0.3 is 0 Å². The van der Waals surface area contributed by atoms with Crippen LogP contribution in [0.15, 0.2) is 45.7 Å². The molecule has 1 amide bonds. The van der Waals surface area contributed by atoms with Gasteiger partial charge in [-0.15, -0.1) is 0 Å². The molecule has 2 N–H and O–H groups in total. The average Bonchev–Trinajstić information content (AvgIpc) is 3.40. The lowest BCUT2D eigenvalue weighted by atomic mass is 10.2. The van der Waals surface area contributed by atoms with Crippen LogP contribution in [0.5, 0.6) is 5.75 Å². The molecule has 9 heteroatoms. The zero-order valence-electron chi connectivity index (χ0n) is 16.9. The van der Waals surface area contributed by atoms with Gasteiger partial charge < -0.3 is 14.5 Å². The van der Waals surface area contributed by atoms with E-state index in [-0.39, 0.29) is 28.2 Å². The second-order valence-corrected chi connectivity index (χ2v) is 9.29. The molecule has 0 aliphatic heterocycles. The topological polar surface area (TPSA) is 111 Å². The van der Waals surface area contributed by atoms with Gasteiger partial charge in [-0.2, -0.15) is 0 Å². The first-order valence-electron chi connectivity index (χ1n) is 9.69. The van der Waals surface area contributed by atoms with Crippen molar-refractivity contribution in [2.24, 2.45) is 0 Å². The number of carbonyl (C=O) groups is 1. The van der Waals surface area contributed by atoms with Crippen molar-refractivity contribution in [1.82, 2.24) is 9.71 Å². The molecule has 0 unspecified atom stereocenters. The molecule has 1 heterocycles. The van der Waals surface area contributed by atoms with Crippen LogP contribution in [0.1, 0.15) is 48.9 Å². The number of sulfonamides is 1. The molecule has 0 saturated heterocycles. The van der Waals surface area contributed by atoms with Crippen LogP contribution in [-0.4, -0.2) is 32.5 Å². The molecule has 1 aliphatic rings. The quantitative estimate of drug-likeness (QED) is 0.593. The molecule has 30 heavy (non-hydrogen) atoms. The molecule has 4 rings (SSSR count). The summed E-state index contributed by atoms with van der Waals surface area (Å²) in [5.74, 6) is 0.526. The summed E-state index contributed by atoms with van der Waals surface area (Å²) >= 11 is 0. The van der Waals surface area contributed by atoms with Gasteiger partial charge in [0, 0.05) is 23.2 Å². The molecule has 158 valence electrons. The number of methoxy groups -OCH3 is 1. The molecular weight excluding hydrogens is 406 g/mol. The van der Waals surface area contributed by atoms with Gasteiger partial charge in [-0.25, -0.2) is 18.1 Å². The van der Waals surface area contributed by atoms with Crippen LogP contribution in [0.25, 0.3) is 11.1 Å². The number of nitrogens with zero attached hydrogens (tertiary/aromatic N) is 1. The Balaban J connectivity index is 1.60. The Kier molecular flexibility index (Phi) is 5.25. The Morgan fingerprint density at radius 2 is 1.97 bits per heavy atom. The molecular formula is C21H23N3O5S. The fraction of sp³-hybridized carbons (Fsp3) is 0.333. The molecule has 1 saturated carbocycles. The molecule has 0 spiro atoms. The van der Waals surface area contributed by atoms with E-state index in [4.69, 9.17) is 9.15 Å². The number of ether oxygens (including phenoxy) is 1. The smallest absolute Gasteiger partial charge is 0.255 e. The lowest BCUT2D eigenvalue weighted by molar-refractivity contribution is 0.102. The van der Waals surface area contributed by atoms with Crippen LogP contribution < -0.4 is 14.8 Å². The molecule has 0 radical (unpaired) electrons. The van der Waals surface area contributed by atoms with Crippen molar-refractivity contribution in [2.45, 2.75) is 43.5 Å². The van der Waals surface area contributed by atoms with Crippen molar-refractivity contribution in [3.8, 4) is 5.75 Å². The first-order valence-corrected chi connectivity index (χ1v) is 11.2. The van der Waals surface area contributed by atoms with Gasteiger partial charge in [0.2, 0.25) is 10.0 Å². The van der Waals surface area contributed by atoms with Crippen molar-refractivity contribution in [2.75, 3.05) is 12.4 Å². The third-order valence-corrected chi connectivity index (χ3v) is 6.31. The normalized spacial score (nSPS) is 14.3. The van der Waals surface area contributed by atoms with E-state index in [9.17, 15) is 13.2 Å². The lowest BCUT2D eigenvalue weighted by Gasteiger charge is -2.12. The maximum Gasteiger partial charge on any atom is 0.255 e. The van der Waals surface area contributed by atoms with Crippen molar-refractivity contribution >= 4 is 32.7 Å². The third kappa shape index (κ3) is 4.17. The number of carbonyl (C=O) groups excluding carboxylic acids is 1. The van der Waals surface area contributed by atoms with Gasteiger partial charge in [0.15, 0.2) is 11.5 Å². The van der Waals surface area contributed by atoms with Crippen LogP contribution in [0, 0.1) is 0 Å². The number of anilines is 1. The standard InChI is InChI=1S/C21H23N3O5S/c1-12(2)21-23-16-11-15(7-9-17(16)29-21)22-20(25)13-4-8-18(28-3)19(10-13)30(26,27)24-14-5-6-14/h4,7-12,14,24H,5-6H2,1-3H3,(H,22,25). The van der Waals surface area contributed by atoms with Crippen molar-refractivity contribution in [1.29, 1.82) is 0 Å². The number of oxazole rings is 1. The summed E-state index contributed by atoms with van der Waals surface area (Å²) in [4.78, 5) is 17.1. The number of hydrogen-bond donors (Lipinski definition) is 2. The van der Waals surface area contributed by atoms with E-state index in [1.54, 1.807) is 18.2 Å². The SMILES string of the molecule is COc1ccc(C(=O)Nc2ccc3oc(C(C)C)nc3c2)cc1S(=O)(=O)NC1CC1. The maximum absolute atomic E-state index is 12.8. The number of fused-ring (bicyclic) bond motifs is 1. The van der Waals surface area contributed by atoms with E-state index >= 15 is 0 Å². The van der Waals surface area contributed by atoms with Gasteiger partial charge in [-0.1, -0.05) is 13.8 Å². The van der Waals surface area contributed by atoms with Gasteiger partial charge in [0.1, 0.15) is 16.2 Å². The monoisotopic (exact) mass is 429 g/mol. The minimum atomic E-state index is -3.78. The first-order chi connectivity index (χ1) is 14.3. The molecule has 1 aliphatic carbocycles. The van der Waals surface area contributed by atoms with Gasteiger partial charge in [-0.3, -0.25) is 4.79 Å². The maximum atomic E-state index is 12.8. The highest BCUT2D eigenvalue weighted by Gasteiger charge is 2.30. The number of amides is 1. The Hall–Kier alpha value is -2.91. The van der Waals surface area contributed by atoms with Crippen molar-refractivity contribution in [3.05, 3.63) is 47.9 Å². The number of nitrogens with one attached hydrogen (secondary N) is 2. The summed E-state index contributed by atoms with van der Waals surface area (Å²) in [7, 11) is -2.39. The van der Waals surface area contributed by atoms with E-state index in [0.29, 0.717) is 22.7 Å². The van der Waals surface area contributed by atoms with Crippen LogP contribution in [0.2, 0.25) is 0 Å². The third-order valence-electron chi connectivity index (χ3n) is 4.77. The van der Waals surface area contributed by atoms with E-state index in [2.05, 4.69) is 15.0 Å². The fourth-order valence-corrected chi connectivity index (χ4v) is 4.49. The Bertz CT molecular complexity index is 1210. The fourth-order valence-electron chi connectivity index (χ4n) is 2.99. The highest BCUT2D eigenvalue weighted by Crippen LogP contribution is 2.29. The van der Waals surface area contributed by atoms with Crippen LogP contribution in [0.3, 0.4) is 0 Å². The second kappa shape index (κ2) is 7.73. The molecule has 0 atom stereocenters. The Morgan fingerprint density at radius 3 is 2.63 bits per heavy atom. The zero-order chi connectivity index (χ0) is 21.5. The lowest BCUT2D eigenvalue weighted by Crippen LogP contribution is -2.26. The predicted octanol–water partition coefficient (Wildman–Crippen LogP) is 3.65. The summed E-state index contributed by atoms with van der Waals surface area (Å²) in [5, 5.41) is 2.78. The molecule has 2 aromatic carbocycles. The largest absolute Gasteiger partial charge is 0.495 e. The average molecular weight is 429 g/mol. The number of hydrogen-bond acceptors (Lipinski definition) is 6. The van der Waals surface area contributed by atoms with Gasteiger partial charge in [-0.05, 0) is 49.2 Å². The summed E-state index contributed by atoms with van der Waals surface area (Å²) < 4.78 is 38.8. The van der Waals surface area contributed by atoms with Crippen molar-refractivity contribution in [3.63, 3.8) is 0 Å². The van der Waals surface area contributed by atoms with E-state index in [1.807, 2.05) is 13.8 Å². The zero-order valence-corrected chi connectivity index (χ0v) is 17.7. The Morgan fingerprint density at radius 1 is 1.20 bits per heavy atom. The van der Waals surface area contributed by atoms with Gasteiger partial charge in [0.25, 0.3) is 5.91 Å². The van der Waals surface area contributed by atoms with Crippen LogP contribution in [0.4, 0.5) is 5.69 Å². The molecule has 1 fully saturated rings. The van der Waals surface area contributed by atoms with Crippen LogP contribution >= 0.6 is 0 Å². The first kappa shape index (κ1) is 20.4. The summed E-state index contributed by atoms with van der Waals surface area (Å²) in [6, 6.07) is 9.45. The predicted molar refractivity (Wildman–Crippen MR) is 112 cm³/mol. The molecule has 1 aromatic heterocycles. The van der Waals surface area contributed by atoms with E-state index < -0.39 is 15.9 Å².